The zero-order valence-corrected chi connectivity index (χ0v) is 14.4. The van der Waals surface area contributed by atoms with E-state index in [0.29, 0.717) is 13.0 Å². The summed E-state index contributed by atoms with van der Waals surface area (Å²) >= 11 is 0. The number of hydrogen-bond acceptors (Lipinski definition) is 3. The Bertz CT molecular complexity index is 342. The fourth-order valence-electron chi connectivity index (χ4n) is 2.99. The van der Waals surface area contributed by atoms with Gasteiger partial charge in [-0.3, -0.25) is 9.79 Å². The van der Waals surface area contributed by atoms with E-state index in [0.717, 1.165) is 37.8 Å². The third-order valence-electron chi connectivity index (χ3n) is 4.32. The van der Waals surface area contributed by atoms with E-state index in [4.69, 9.17) is 0 Å². The Balaban J connectivity index is 2.05. The van der Waals surface area contributed by atoms with Gasteiger partial charge in [0.05, 0.1) is 18.6 Å². The Labute approximate surface area is 135 Å². The van der Waals surface area contributed by atoms with Gasteiger partial charge in [-0.1, -0.05) is 45.4 Å². The van der Waals surface area contributed by atoms with Gasteiger partial charge in [-0.05, 0) is 32.6 Å². The minimum atomic E-state index is -0.170. The number of aliphatic hydroxyl groups excluding tert-OH is 1. The zero-order chi connectivity index (χ0) is 16.2. The normalized spacial score (nSPS) is 20.2. The standard InChI is InChI=1S/C18H34N2O2/c1-3-4-5-6-7-8-11-17(21)12-9-10-16-14-19-18(22)13-15(2)20-16/h16-17,21H,3-14H2,1-2H3,(H,19,22). The summed E-state index contributed by atoms with van der Waals surface area (Å²) in [6.45, 7) is 4.80. The molecule has 1 rings (SSSR count). The second-order valence-electron chi connectivity index (χ2n) is 6.64. The first kappa shape index (κ1) is 19.1. The molecule has 0 bridgehead atoms. The molecule has 0 saturated carbocycles. The van der Waals surface area contributed by atoms with E-state index >= 15 is 0 Å². The second-order valence-corrected chi connectivity index (χ2v) is 6.64. The fraction of sp³-hybridized carbons (Fsp3) is 0.889. The minimum Gasteiger partial charge on any atom is -0.393 e. The van der Waals surface area contributed by atoms with Crippen LogP contribution in [-0.2, 0) is 4.79 Å². The summed E-state index contributed by atoms with van der Waals surface area (Å²) in [5, 5.41) is 12.9. The van der Waals surface area contributed by atoms with Crippen molar-refractivity contribution in [1.82, 2.24) is 5.32 Å². The van der Waals surface area contributed by atoms with Crippen LogP contribution in [-0.4, -0.2) is 35.4 Å². The first-order valence-corrected chi connectivity index (χ1v) is 9.09. The Morgan fingerprint density at radius 3 is 2.64 bits per heavy atom. The molecule has 4 nitrogen and oxygen atoms in total. The molecule has 1 amide bonds. The minimum absolute atomic E-state index is 0.0758. The van der Waals surface area contributed by atoms with Crippen molar-refractivity contribution < 1.29 is 9.90 Å². The van der Waals surface area contributed by atoms with Crippen molar-refractivity contribution in [1.29, 1.82) is 0 Å². The summed E-state index contributed by atoms with van der Waals surface area (Å²) in [6.07, 6.45) is 11.6. The van der Waals surface area contributed by atoms with Crippen LogP contribution in [0.1, 0.15) is 84.5 Å². The summed E-state index contributed by atoms with van der Waals surface area (Å²) in [6, 6.07) is 0.188. The molecule has 0 spiro atoms. The number of hydrogen-bond donors (Lipinski definition) is 2. The smallest absolute Gasteiger partial charge is 0.225 e. The number of nitrogens with zero attached hydrogens (tertiary/aromatic N) is 1. The number of carbonyl (C=O) groups is 1. The summed E-state index contributed by atoms with van der Waals surface area (Å²) < 4.78 is 0. The van der Waals surface area contributed by atoms with Gasteiger partial charge in [0.15, 0.2) is 0 Å². The zero-order valence-electron chi connectivity index (χ0n) is 14.4. The average Bonchev–Trinajstić information content (AvgIpc) is 2.63. The van der Waals surface area contributed by atoms with E-state index in [1.165, 1.54) is 32.1 Å². The molecule has 0 aromatic carbocycles. The van der Waals surface area contributed by atoms with Gasteiger partial charge in [0.1, 0.15) is 0 Å². The van der Waals surface area contributed by atoms with Crippen molar-refractivity contribution >= 4 is 11.6 Å². The van der Waals surface area contributed by atoms with E-state index in [1.807, 2.05) is 6.92 Å². The molecule has 0 saturated heterocycles. The van der Waals surface area contributed by atoms with Crippen LogP contribution >= 0.6 is 0 Å². The van der Waals surface area contributed by atoms with E-state index in [1.54, 1.807) is 0 Å². The third-order valence-corrected chi connectivity index (χ3v) is 4.32. The third kappa shape index (κ3) is 9.19. The molecule has 0 aromatic heterocycles. The molecule has 0 aliphatic carbocycles. The maximum atomic E-state index is 11.4. The van der Waals surface area contributed by atoms with Crippen LogP contribution in [0, 0.1) is 0 Å². The SMILES string of the molecule is CCCCCCCCC(O)CCCC1CNC(=O)CC(C)=N1. The van der Waals surface area contributed by atoms with Crippen molar-refractivity contribution in [3.8, 4) is 0 Å². The van der Waals surface area contributed by atoms with Gasteiger partial charge < -0.3 is 10.4 Å². The highest BCUT2D eigenvalue weighted by Gasteiger charge is 2.15. The van der Waals surface area contributed by atoms with E-state index in [-0.39, 0.29) is 18.1 Å². The van der Waals surface area contributed by atoms with Gasteiger partial charge in [0.2, 0.25) is 5.91 Å². The van der Waals surface area contributed by atoms with Crippen LogP contribution in [0.25, 0.3) is 0 Å². The number of aliphatic hydroxyl groups is 1. The lowest BCUT2D eigenvalue weighted by Crippen LogP contribution is -2.29. The number of aliphatic imine (C=N–C) groups is 1. The number of nitrogens with one attached hydrogen (secondary N) is 1. The van der Waals surface area contributed by atoms with Crippen LogP contribution in [0.3, 0.4) is 0 Å². The molecule has 4 heteroatoms. The largest absolute Gasteiger partial charge is 0.393 e. The van der Waals surface area contributed by atoms with E-state index < -0.39 is 0 Å². The van der Waals surface area contributed by atoms with Gasteiger partial charge in [-0.25, -0.2) is 0 Å². The molecular formula is C18H34N2O2. The van der Waals surface area contributed by atoms with Crippen LogP contribution in [0.4, 0.5) is 0 Å². The number of amides is 1. The molecular weight excluding hydrogens is 276 g/mol. The highest BCUT2D eigenvalue weighted by molar-refractivity contribution is 6.00. The maximum Gasteiger partial charge on any atom is 0.225 e. The number of rotatable bonds is 11. The van der Waals surface area contributed by atoms with Crippen molar-refractivity contribution in [2.45, 2.75) is 96.6 Å². The molecule has 1 aliphatic rings. The van der Waals surface area contributed by atoms with Gasteiger partial charge in [-0.15, -0.1) is 0 Å². The molecule has 2 unspecified atom stereocenters. The molecule has 1 heterocycles. The van der Waals surface area contributed by atoms with E-state index in [2.05, 4.69) is 17.2 Å². The molecule has 128 valence electrons. The lowest BCUT2D eigenvalue weighted by molar-refractivity contribution is -0.119. The first-order chi connectivity index (χ1) is 10.6. The highest BCUT2D eigenvalue weighted by Crippen LogP contribution is 2.14. The Hall–Kier alpha value is -0.900. The quantitative estimate of drug-likeness (QED) is 0.573. The Morgan fingerprint density at radius 1 is 1.18 bits per heavy atom. The maximum absolute atomic E-state index is 11.4. The molecule has 0 fully saturated rings. The number of unbranched alkanes of at least 4 members (excludes halogenated alkanes) is 5. The Kier molecular flexibility index (Phi) is 10.1. The molecule has 22 heavy (non-hydrogen) atoms. The topological polar surface area (TPSA) is 61.7 Å². The van der Waals surface area contributed by atoms with Crippen LogP contribution < -0.4 is 5.32 Å². The van der Waals surface area contributed by atoms with Crippen LogP contribution in [0.5, 0.6) is 0 Å². The number of carbonyl (C=O) groups excluding carboxylic acids is 1. The highest BCUT2D eigenvalue weighted by atomic mass is 16.3. The van der Waals surface area contributed by atoms with Crippen molar-refractivity contribution in [2.24, 2.45) is 4.99 Å². The predicted molar refractivity (Wildman–Crippen MR) is 92.4 cm³/mol. The summed E-state index contributed by atoms with van der Waals surface area (Å²) in [7, 11) is 0. The summed E-state index contributed by atoms with van der Waals surface area (Å²) in [5.74, 6) is 0.0758. The fourth-order valence-corrected chi connectivity index (χ4v) is 2.99. The summed E-state index contributed by atoms with van der Waals surface area (Å²) in [5.41, 5.74) is 0.924. The van der Waals surface area contributed by atoms with Crippen molar-refractivity contribution in [3.63, 3.8) is 0 Å². The van der Waals surface area contributed by atoms with Crippen LogP contribution in [0.15, 0.2) is 4.99 Å². The van der Waals surface area contributed by atoms with Gasteiger partial charge in [-0.2, -0.15) is 0 Å². The molecule has 0 radical (unpaired) electrons. The molecule has 2 N–H and O–H groups in total. The van der Waals surface area contributed by atoms with E-state index in [9.17, 15) is 9.90 Å². The Morgan fingerprint density at radius 2 is 1.86 bits per heavy atom. The second kappa shape index (κ2) is 11.6. The monoisotopic (exact) mass is 310 g/mol. The molecule has 0 aromatic rings. The lowest BCUT2D eigenvalue weighted by atomic mass is 10.0. The van der Waals surface area contributed by atoms with Crippen LogP contribution in [0.2, 0.25) is 0 Å². The average molecular weight is 310 g/mol. The molecule has 2 atom stereocenters. The lowest BCUT2D eigenvalue weighted by Gasteiger charge is -2.14. The van der Waals surface area contributed by atoms with Crippen molar-refractivity contribution in [3.05, 3.63) is 0 Å². The molecule has 1 aliphatic heterocycles. The van der Waals surface area contributed by atoms with Gasteiger partial charge in [0.25, 0.3) is 0 Å². The van der Waals surface area contributed by atoms with Gasteiger partial charge >= 0.3 is 0 Å². The predicted octanol–water partition coefficient (Wildman–Crippen LogP) is 3.62. The van der Waals surface area contributed by atoms with Crippen molar-refractivity contribution in [2.75, 3.05) is 6.54 Å². The first-order valence-electron chi connectivity index (χ1n) is 9.09. The van der Waals surface area contributed by atoms with Gasteiger partial charge in [0, 0.05) is 12.3 Å². The summed E-state index contributed by atoms with van der Waals surface area (Å²) in [4.78, 5) is 16.0.